The van der Waals surface area contributed by atoms with E-state index in [9.17, 15) is 9.59 Å². The monoisotopic (exact) mass is 729 g/mol. The first kappa shape index (κ1) is 49.9. The predicted molar refractivity (Wildman–Crippen MR) is 224 cm³/mol. The molecule has 52 heavy (non-hydrogen) atoms. The van der Waals surface area contributed by atoms with E-state index in [-0.39, 0.29) is 25.2 Å². The molecule has 0 saturated carbocycles. The highest BCUT2D eigenvalue weighted by atomic mass is 16.6. The average Bonchev–Trinajstić information content (AvgIpc) is 3.14. The summed E-state index contributed by atoms with van der Waals surface area (Å²) in [4.78, 5) is 25.1. The van der Waals surface area contributed by atoms with Crippen LogP contribution in [0.3, 0.4) is 0 Å². The van der Waals surface area contributed by atoms with Crippen LogP contribution in [0, 0.1) is 0 Å². The fraction of sp³-hybridized carbons (Fsp3) is 0.787. The second-order valence-corrected chi connectivity index (χ2v) is 14.6. The number of carbonyl (C=O) groups is 2. The first-order chi connectivity index (χ1) is 25.6. The van der Waals surface area contributed by atoms with Crippen LogP contribution in [-0.4, -0.2) is 37.9 Å². The molecule has 0 aliphatic heterocycles. The van der Waals surface area contributed by atoms with Crippen LogP contribution in [0.1, 0.15) is 213 Å². The second kappa shape index (κ2) is 43.3. The lowest BCUT2D eigenvalue weighted by atomic mass is 10.1. The lowest BCUT2D eigenvalue weighted by Gasteiger charge is -2.18. The van der Waals surface area contributed by atoms with Crippen LogP contribution in [0.4, 0.5) is 0 Å². The Labute approximate surface area is 322 Å². The zero-order chi connectivity index (χ0) is 37.8. The van der Waals surface area contributed by atoms with Crippen molar-refractivity contribution >= 4 is 11.9 Å². The largest absolute Gasteiger partial charge is 0.462 e. The molecule has 0 aromatic heterocycles. The predicted octanol–water partition coefficient (Wildman–Crippen LogP) is 14.4. The Bertz CT molecular complexity index is 873. The fourth-order valence-electron chi connectivity index (χ4n) is 5.98. The van der Waals surface area contributed by atoms with Crippen molar-refractivity contribution in [3.8, 4) is 0 Å². The highest BCUT2D eigenvalue weighted by molar-refractivity contribution is 5.70. The van der Waals surface area contributed by atoms with E-state index in [1.165, 1.54) is 103 Å². The molecule has 0 spiro atoms. The van der Waals surface area contributed by atoms with Crippen LogP contribution in [0.5, 0.6) is 0 Å². The lowest BCUT2D eigenvalue weighted by Crippen LogP contribution is -2.30. The Morgan fingerprint density at radius 1 is 0.423 bits per heavy atom. The third kappa shape index (κ3) is 40.6. The molecule has 0 bridgehead atoms. The summed E-state index contributed by atoms with van der Waals surface area (Å²) < 4.78 is 17.2. The Hall–Kier alpha value is -2.14. The molecular weight excluding hydrogens is 645 g/mol. The molecule has 0 radical (unpaired) electrons. The molecule has 0 saturated heterocycles. The van der Waals surface area contributed by atoms with Crippen molar-refractivity contribution in [1.29, 1.82) is 0 Å². The lowest BCUT2D eigenvalue weighted by molar-refractivity contribution is -0.163. The van der Waals surface area contributed by atoms with Crippen LogP contribution in [-0.2, 0) is 23.8 Å². The van der Waals surface area contributed by atoms with Crippen molar-refractivity contribution < 1.29 is 23.8 Å². The molecule has 1 unspecified atom stereocenters. The Kier molecular flexibility index (Phi) is 41.5. The quantitative estimate of drug-likeness (QED) is 0.0357. The summed E-state index contributed by atoms with van der Waals surface area (Å²) in [6, 6.07) is 0. The number of carbonyl (C=O) groups excluding carboxylic acids is 2. The number of hydrogen-bond acceptors (Lipinski definition) is 5. The summed E-state index contributed by atoms with van der Waals surface area (Å²) in [5.41, 5.74) is 0. The number of unbranched alkanes of at least 4 members (excludes halogenated alkanes) is 21. The minimum absolute atomic E-state index is 0.0729. The molecule has 0 heterocycles. The van der Waals surface area contributed by atoms with Gasteiger partial charge >= 0.3 is 11.9 Å². The summed E-state index contributed by atoms with van der Waals surface area (Å²) in [7, 11) is 0. The summed E-state index contributed by atoms with van der Waals surface area (Å²) in [5.74, 6) is -0.431. The van der Waals surface area contributed by atoms with E-state index < -0.39 is 6.10 Å². The van der Waals surface area contributed by atoms with E-state index in [1.807, 2.05) is 0 Å². The molecule has 0 aliphatic carbocycles. The first-order valence-electron chi connectivity index (χ1n) is 22.2. The molecule has 0 aliphatic rings. The van der Waals surface area contributed by atoms with Crippen LogP contribution in [0.2, 0.25) is 0 Å². The molecule has 5 heteroatoms. The Morgan fingerprint density at radius 2 is 0.808 bits per heavy atom. The zero-order valence-corrected chi connectivity index (χ0v) is 34.6. The summed E-state index contributed by atoms with van der Waals surface area (Å²) in [6.07, 6.45) is 51.1. The van der Waals surface area contributed by atoms with E-state index in [1.54, 1.807) is 0 Å². The first-order valence-corrected chi connectivity index (χ1v) is 22.2. The van der Waals surface area contributed by atoms with E-state index in [4.69, 9.17) is 14.2 Å². The van der Waals surface area contributed by atoms with Crippen molar-refractivity contribution in [2.24, 2.45) is 0 Å². The van der Waals surface area contributed by atoms with E-state index >= 15 is 0 Å². The minimum Gasteiger partial charge on any atom is -0.462 e. The fourth-order valence-corrected chi connectivity index (χ4v) is 5.98. The molecule has 0 fully saturated rings. The van der Waals surface area contributed by atoms with Gasteiger partial charge < -0.3 is 14.2 Å². The molecule has 0 rings (SSSR count). The normalized spacial score (nSPS) is 12.6. The van der Waals surface area contributed by atoms with Gasteiger partial charge in [-0.25, -0.2) is 0 Å². The molecule has 1 atom stereocenters. The standard InChI is InChI=1S/C47H84O5/c1-4-7-10-13-16-18-20-22-24-26-28-30-32-34-37-40-46(48)51-44-45(43-50-42-39-36-15-12-9-6-3)52-47(49)41-38-35-33-31-29-27-25-23-21-19-17-14-11-8-5-2/h16-19,22-25,45H,4-15,20-21,26-44H2,1-3H3/b18-16-,19-17-,24-22-,25-23-. The van der Waals surface area contributed by atoms with E-state index in [0.29, 0.717) is 19.4 Å². The number of hydrogen-bond donors (Lipinski definition) is 0. The van der Waals surface area contributed by atoms with Crippen molar-refractivity contribution in [2.45, 2.75) is 219 Å². The molecule has 0 N–H and O–H groups in total. The topological polar surface area (TPSA) is 61.8 Å². The SMILES string of the molecule is CCCCC/C=C\C/C=C\CCCCCCCC(=O)OCC(COCCCCCCCC)OC(=O)CCCCCCC/C=C\C/C=C\CCCCC. The van der Waals surface area contributed by atoms with Gasteiger partial charge in [-0.2, -0.15) is 0 Å². The van der Waals surface area contributed by atoms with Gasteiger partial charge in [0.2, 0.25) is 0 Å². The number of ether oxygens (including phenoxy) is 3. The van der Waals surface area contributed by atoms with Gasteiger partial charge in [-0.3, -0.25) is 9.59 Å². The second-order valence-electron chi connectivity index (χ2n) is 14.6. The molecule has 5 nitrogen and oxygen atoms in total. The third-order valence-electron chi connectivity index (χ3n) is 9.34. The molecule has 0 aromatic carbocycles. The third-order valence-corrected chi connectivity index (χ3v) is 9.34. The van der Waals surface area contributed by atoms with E-state index in [2.05, 4.69) is 69.4 Å². The van der Waals surface area contributed by atoms with Crippen molar-refractivity contribution in [2.75, 3.05) is 19.8 Å². The van der Waals surface area contributed by atoms with Gasteiger partial charge in [0.25, 0.3) is 0 Å². The Morgan fingerprint density at radius 3 is 1.31 bits per heavy atom. The van der Waals surface area contributed by atoms with Crippen LogP contribution in [0.15, 0.2) is 48.6 Å². The van der Waals surface area contributed by atoms with Gasteiger partial charge in [0.05, 0.1) is 6.61 Å². The average molecular weight is 729 g/mol. The van der Waals surface area contributed by atoms with Crippen LogP contribution < -0.4 is 0 Å². The van der Waals surface area contributed by atoms with Gasteiger partial charge in [0.15, 0.2) is 6.10 Å². The Balaban J connectivity index is 4.18. The number of allylic oxidation sites excluding steroid dienone is 8. The summed E-state index contributed by atoms with van der Waals surface area (Å²) >= 11 is 0. The summed E-state index contributed by atoms with van der Waals surface area (Å²) in [6.45, 7) is 7.71. The maximum Gasteiger partial charge on any atom is 0.306 e. The van der Waals surface area contributed by atoms with Gasteiger partial charge in [-0.15, -0.1) is 0 Å². The number of esters is 2. The van der Waals surface area contributed by atoms with Gasteiger partial charge in [0, 0.05) is 19.4 Å². The van der Waals surface area contributed by atoms with Crippen molar-refractivity contribution in [3.05, 3.63) is 48.6 Å². The minimum atomic E-state index is -0.542. The maximum atomic E-state index is 12.7. The molecule has 302 valence electrons. The summed E-state index contributed by atoms with van der Waals surface area (Å²) in [5, 5.41) is 0. The van der Waals surface area contributed by atoms with Crippen molar-refractivity contribution in [3.63, 3.8) is 0 Å². The molecule has 0 aromatic rings. The van der Waals surface area contributed by atoms with Gasteiger partial charge in [-0.1, -0.05) is 166 Å². The van der Waals surface area contributed by atoms with E-state index in [0.717, 1.165) is 77.0 Å². The van der Waals surface area contributed by atoms with Gasteiger partial charge in [-0.05, 0) is 83.5 Å². The smallest absolute Gasteiger partial charge is 0.306 e. The van der Waals surface area contributed by atoms with Crippen LogP contribution >= 0.6 is 0 Å². The highest BCUT2D eigenvalue weighted by Crippen LogP contribution is 2.12. The molecule has 0 amide bonds. The number of rotatable bonds is 40. The van der Waals surface area contributed by atoms with Gasteiger partial charge in [0.1, 0.15) is 6.61 Å². The highest BCUT2D eigenvalue weighted by Gasteiger charge is 2.17. The maximum absolute atomic E-state index is 12.7. The molecular formula is C47H84O5. The van der Waals surface area contributed by atoms with Crippen LogP contribution in [0.25, 0.3) is 0 Å². The zero-order valence-electron chi connectivity index (χ0n) is 34.6. The van der Waals surface area contributed by atoms with Crippen molar-refractivity contribution in [1.82, 2.24) is 0 Å².